The van der Waals surface area contributed by atoms with E-state index in [1.807, 2.05) is 19.2 Å². The fourth-order valence-electron chi connectivity index (χ4n) is 3.15. The maximum Gasteiger partial charge on any atom is 0.127 e. The Bertz CT molecular complexity index is 394. The van der Waals surface area contributed by atoms with E-state index in [9.17, 15) is 4.39 Å². The summed E-state index contributed by atoms with van der Waals surface area (Å²) in [5.41, 5.74) is 0.832. The highest BCUT2D eigenvalue weighted by Crippen LogP contribution is 2.30. The van der Waals surface area contributed by atoms with E-state index < -0.39 is 0 Å². The number of rotatable bonds is 5. The first-order valence-electron chi connectivity index (χ1n) is 7.39. The number of hydrogen-bond donors (Lipinski definition) is 1. The van der Waals surface area contributed by atoms with Crippen LogP contribution in [0.15, 0.2) is 24.3 Å². The highest BCUT2D eigenvalue weighted by molar-refractivity contribution is 5.21. The summed E-state index contributed by atoms with van der Waals surface area (Å²) in [6.07, 6.45) is 4.92. The third-order valence-electron chi connectivity index (χ3n) is 4.25. The summed E-state index contributed by atoms with van der Waals surface area (Å²) < 4.78 is 13.9. The molecule has 2 unspecified atom stereocenters. The van der Waals surface area contributed by atoms with Crippen LogP contribution in [-0.4, -0.2) is 31.1 Å². The van der Waals surface area contributed by atoms with Gasteiger partial charge in [0.1, 0.15) is 5.82 Å². The molecular weight excluding hydrogens is 239 g/mol. The van der Waals surface area contributed by atoms with E-state index in [4.69, 9.17) is 0 Å². The quantitative estimate of drug-likeness (QED) is 0.877. The lowest BCUT2D eigenvalue weighted by molar-refractivity contribution is 0.0954. The zero-order chi connectivity index (χ0) is 13.7. The van der Waals surface area contributed by atoms with Crippen LogP contribution in [-0.2, 0) is 0 Å². The van der Waals surface area contributed by atoms with E-state index >= 15 is 0 Å². The summed E-state index contributed by atoms with van der Waals surface area (Å²) in [6.45, 7) is 4.26. The van der Waals surface area contributed by atoms with Gasteiger partial charge >= 0.3 is 0 Å². The van der Waals surface area contributed by atoms with Crippen LogP contribution in [0, 0.1) is 5.82 Å². The Kier molecular flexibility index (Phi) is 5.34. The average molecular weight is 264 g/mol. The van der Waals surface area contributed by atoms with Crippen molar-refractivity contribution in [1.82, 2.24) is 10.2 Å². The molecule has 1 aliphatic rings. The highest BCUT2D eigenvalue weighted by Gasteiger charge is 2.27. The molecule has 1 aromatic rings. The van der Waals surface area contributed by atoms with Crippen LogP contribution in [0.25, 0.3) is 0 Å². The highest BCUT2D eigenvalue weighted by atomic mass is 19.1. The third-order valence-corrected chi connectivity index (χ3v) is 4.25. The molecule has 0 aliphatic carbocycles. The molecular formula is C16H25FN2. The van der Waals surface area contributed by atoms with Crippen molar-refractivity contribution in [3.8, 4) is 0 Å². The second-order valence-corrected chi connectivity index (χ2v) is 5.48. The lowest BCUT2D eigenvalue weighted by Crippen LogP contribution is -2.42. The minimum atomic E-state index is -0.0760. The Labute approximate surface area is 116 Å². The van der Waals surface area contributed by atoms with Crippen molar-refractivity contribution < 1.29 is 4.39 Å². The van der Waals surface area contributed by atoms with Gasteiger partial charge in [-0.2, -0.15) is 0 Å². The molecule has 2 nitrogen and oxygen atoms in total. The predicted octanol–water partition coefficient (Wildman–Crippen LogP) is 3.35. The molecule has 1 N–H and O–H groups in total. The number of piperidine rings is 1. The number of halogens is 1. The Morgan fingerprint density at radius 1 is 1.37 bits per heavy atom. The Morgan fingerprint density at radius 2 is 2.16 bits per heavy atom. The first kappa shape index (κ1) is 14.5. The number of hydrogen-bond acceptors (Lipinski definition) is 2. The van der Waals surface area contributed by atoms with Gasteiger partial charge in [-0.3, -0.25) is 4.90 Å². The van der Waals surface area contributed by atoms with Gasteiger partial charge in [0.2, 0.25) is 0 Å². The molecule has 2 atom stereocenters. The van der Waals surface area contributed by atoms with E-state index in [1.54, 1.807) is 12.1 Å². The summed E-state index contributed by atoms with van der Waals surface area (Å²) in [4.78, 5) is 2.49. The van der Waals surface area contributed by atoms with Crippen LogP contribution in [0.1, 0.15) is 44.2 Å². The molecule has 1 saturated heterocycles. The normalized spacial score (nSPS) is 22.4. The molecule has 1 fully saturated rings. The Hall–Kier alpha value is -0.930. The predicted molar refractivity (Wildman–Crippen MR) is 77.7 cm³/mol. The number of benzene rings is 1. The lowest BCUT2D eigenvalue weighted by Gasteiger charge is -2.40. The van der Waals surface area contributed by atoms with Crippen molar-refractivity contribution in [2.45, 2.75) is 44.7 Å². The van der Waals surface area contributed by atoms with E-state index in [0.717, 1.165) is 25.1 Å². The van der Waals surface area contributed by atoms with Crippen LogP contribution in [0.4, 0.5) is 4.39 Å². The molecule has 1 aliphatic heterocycles. The van der Waals surface area contributed by atoms with Crippen LogP contribution >= 0.6 is 0 Å². The smallest absolute Gasteiger partial charge is 0.127 e. The van der Waals surface area contributed by atoms with Gasteiger partial charge < -0.3 is 5.32 Å². The second kappa shape index (κ2) is 7.01. The summed E-state index contributed by atoms with van der Waals surface area (Å²) in [6, 6.07) is 7.93. The van der Waals surface area contributed by atoms with E-state index in [1.165, 1.54) is 19.3 Å². The first-order chi connectivity index (χ1) is 9.24. The largest absolute Gasteiger partial charge is 0.320 e. The monoisotopic (exact) mass is 264 g/mol. The topological polar surface area (TPSA) is 15.3 Å². The van der Waals surface area contributed by atoms with Gasteiger partial charge in [0.15, 0.2) is 0 Å². The van der Waals surface area contributed by atoms with Crippen molar-refractivity contribution in [3.05, 3.63) is 35.6 Å². The van der Waals surface area contributed by atoms with E-state index in [2.05, 4.69) is 17.1 Å². The van der Waals surface area contributed by atoms with Gasteiger partial charge in [-0.15, -0.1) is 0 Å². The summed E-state index contributed by atoms with van der Waals surface area (Å²) in [5.74, 6) is -0.0760. The summed E-state index contributed by atoms with van der Waals surface area (Å²) in [7, 11) is 1.99. The van der Waals surface area contributed by atoms with Crippen LogP contribution in [0.3, 0.4) is 0 Å². The molecule has 19 heavy (non-hydrogen) atoms. The van der Waals surface area contributed by atoms with Crippen LogP contribution in [0.5, 0.6) is 0 Å². The zero-order valence-electron chi connectivity index (χ0n) is 12.0. The molecule has 0 saturated carbocycles. The van der Waals surface area contributed by atoms with Gasteiger partial charge in [-0.25, -0.2) is 4.39 Å². The average Bonchev–Trinajstić information content (AvgIpc) is 2.45. The number of likely N-dealkylation sites (tertiary alicyclic amines) is 1. The van der Waals surface area contributed by atoms with Crippen molar-refractivity contribution in [2.75, 3.05) is 20.1 Å². The van der Waals surface area contributed by atoms with Gasteiger partial charge in [-0.1, -0.05) is 24.6 Å². The maximum atomic E-state index is 13.9. The zero-order valence-corrected chi connectivity index (χ0v) is 12.0. The van der Waals surface area contributed by atoms with E-state index in [0.29, 0.717) is 6.04 Å². The lowest BCUT2D eigenvalue weighted by atomic mass is 9.95. The first-order valence-corrected chi connectivity index (χ1v) is 7.39. The molecule has 0 aromatic heterocycles. The van der Waals surface area contributed by atoms with Crippen molar-refractivity contribution in [2.24, 2.45) is 0 Å². The molecule has 0 bridgehead atoms. The van der Waals surface area contributed by atoms with Gasteiger partial charge in [0.25, 0.3) is 0 Å². The summed E-state index contributed by atoms with van der Waals surface area (Å²) >= 11 is 0. The van der Waals surface area contributed by atoms with E-state index in [-0.39, 0.29) is 11.9 Å². The Balaban J connectivity index is 2.10. The van der Waals surface area contributed by atoms with Gasteiger partial charge in [-0.05, 0) is 52.4 Å². The van der Waals surface area contributed by atoms with Gasteiger partial charge in [0.05, 0.1) is 0 Å². The molecule has 0 radical (unpaired) electrons. The van der Waals surface area contributed by atoms with Crippen molar-refractivity contribution >= 4 is 0 Å². The second-order valence-electron chi connectivity index (χ2n) is 5.48. The fourth-order valence-corrected chi connectivity index (χ4v) is 3.15. The molecule has 106 valence electrons. The minimum absolute atomic E-state index is 0.0760. The minimum Gasteiger partial charge on any atom is -0.320 e. The SMILES string of the molecule is CNCCC1CCCCN1C(C)c1ccccc1F. The van der Waals surface area contributed by atoms with Gasteiger partial charge in [0, 0.05) is 17.6 Å². The number of nitrogens with zero attached hydrogens (tertiary/aromatic N) is 1. The van der Waals surface area contributed by atoms with Crippen LogP contribution < -0.4 is 5.32 Å². The number of nitrogens with one attached hydrogen (secondary N) is 1. The standard InChI is InChI=1S/C16H25FN2/c1-13(15-8-3-4-9-16(15)17)19-12-6-5-7-14(19)10-11-18-2/h3-4,8-9,13-14,18H,5-7,10-12H2,1-2H3. The molecule has 3 heteroatoms. The van der Waals surface area contributed by atoms with Crippen molar-refractivity contribution in [3.63, 3.8) is 0 Å². The summed E-state index contributed by atoms with van der Waals surface area (Å²) in [5, 5.41) is 3.22. The van der Waals surface area contributed by atoms with Crippen molar-refractivity contribution in [1.29, 1.82) is 0 Å². The third kappa shape index (κ3) is 3.54. The van der Waals surface area contributed by atoms with Crippen LogP contribution in [0.2, 0.25) is 0 Å². The molecule has 2 rings (SSSR count). The molecule has 0 spiro atoms. The Morgan fingerprint density at radius 3 is 2.89 bits per heavy atom. The molecule has 0 amide bonds. The fraction of sp³-hybridized carbons (Fsp3) is 0.625. The molecule has 1 heterocycles. The maximum absolute atomic E-state index is 13.9. The molecule has 1 aromatic carbocycles.